The number of thioether (sulfide) groups is 1. The average Bonchev–Trinajstić information content (AvgIpc) is 3.13. The number of aryl methyl sites for hydroxylation is 1. The predicted octanol–water partition coefficient (Wildman–Crippen LogP) is 1.76. The van der Waals surface area contributed by atoms with Crippen LogP contribution in [-0.2, 0) is 11.3 Å². The van der Waals surface area contributed by atoms with E-state index in [9.17, 15) is 4.79 Å². The number of hydrogen-bond donors (Lipinski definition) is 2. The first-order valence-electron chi connectivity index (χ1n) is 7.31. The van der Waals surface area contributed by atoms with E-state index in [-0.39, 0.29) is 11.9 Å². The molecule has 0 saturated carbocycles. The molecule has 23 heavy (non-hydrogen) atoms. The monoisotopic (exact) mass is 330 g/mol. The maximum atomic E-state index is 12.0. The summed E-state index contributed by atoms with van der Waals surface area (Å²) >= 11 is 1.40. The molecule has 0 unspecified atom stereocenters. The molecule has 0 aliphatic carbocycles. The SMILES string of the molecule is Cc1ccc2nc(SCC(=O)N[C@@H](C)Cn3cncn3)[nH]c2c1. The molecule has 0 spiro atoms. The number of hydrogen-bond acceptors (Lipinski definition) is 5. The Kier molecular flexibility index (Phi) is 4.61. The van der Waals surface area contributed by atoms with E-state index in [1.165, 1.54) is 23.7 Å². The lowest BCUT2D eigenvalue weighted by Crippen LogP contribution is -2.36. The molecule has 0 fully saturated rings. The van der Waals surface area contributed by atoms with Gasteiger partial charge in [0.15, 0.2) is 5.16 Å². The van der Waals surface area contributed by atoms with Crippen LogP contribution >= 0.6 is 11.8 Å². The molecule has 2 N–H and O–H groups in total. The summed E-state index contributed by atoms with van der Waals surface area (Å²) in [6, 6.07) is 6.04. The zero-order valence-corrected chi connectivity index (χ0v) is 13.8. The topological polar surface area (TPSA) is 88.5 Å². The Bertz CT molecular complexity index is 798. The fourth-order valence-electron chi connectivity index (χ4n) is 2.27. The van der Waals surface area contributed by atoms with E-state index in [1.54, 1.807) is 11.0 Å². The zero-order chi connectivity index (χ0) is 16.2. The van der Waals surface area contributed by atoms with Crippen molar-refractivity contribution in [2.24, 2.45) is 0 Å². The van der Waals surface area contributed by atoms with Crippen molar-refractivity contribution in [1.82, 2.24) is 30.0 Å². The van der Waals surface area contributed by atoms with Crippen LogP contribution in [0.5, 0.6) is 0 Å². The summed E-state index contributed by atoms with van der Waals surface area (Å²) in [5.41, 5.74) is 3.09. The number of aromatic amines is 1. The van der Waals surface area contributed by atoms with Gasteiger partial charge in [0, 0.05) is 6.04 Å². The largest absolute Gasteiger partial charge is 0.351 e. The quantitative estimate of drug-likeness (QED) is 0.672. The van der Waals surface area contributed by atoms with E-state index in [2.05, 4.69) is 25.4 Å². The lowest BCUT2D eigenvalue weighted by Gasteiger charge is -2.13. The van der Waals surface area contributed by atoms with E-state index in [1.807, 2.05) is 32.0 Å². The molecule has 0 aliphatic rings. The maximum absolute atomic E-state index is 12.0. The van der Waals surface area contributed by atoms with Crippen LogP contribution in [0.2, 0.25) is 0 Å². The summed E-state index contributed by atoms with van der Waals surface area (Å²) in [5, 5.41) is 7.72. The first-order valence-corrected chi connectivity index (χ1v) is 8.29. The third kappa shape index (κ3) is 4.10. The number of rotatable bonds is 6. The van der Waals surface area contributed by atoms with Crippen LogP contribution in [0.4, 0.5) is 0 Å². The molecular formula is C15H18N6OS. The molecular weight excluding hydrogens is 312 g/mol. The molecule has 2 heterocycles. The Hall–Kier alpha value is -2.35. The van der Waals surface area contributed by atoms with E-state index < -0.39 is 0 Å². The third-order valence-electron chi connectivity index (χ3n) is 3.29. The molecule has 3 aromatic rings. The first-order chi connectivity index (χ1) is 11.1. The molecule has 120 valence electrons. The van der Waals surface area contributed by atoms with Gasteiger partial charge in [-0.25, -0.2) is 9.97 Å². The second kappa shape index (κ2) is 6.82. The Morgan fingerprint density at radius 2 is 2.35 bits per heavy atom. The van der Waals surface area contributed by atoms with Gasteiger partial charge >= 0.3 is 0 Å². The number of benzene rings is 1. The van der Waals surface area contributed by atoms with Crippen molar-refractivity contribution < 1.29 is 4.79 Å². The lowest BCUT2D eigenvalue weighted by molar-refractivity contribution is -0.119. The van der Waals surface area contributed by atoms with Gasteiger partial charge in [0.25, 0.3) is 0 Å². The summed E-state index contributed by atoms with van der Waals surface area (Å²) in [5.74, 6) is 0.291. The van der Waals surface area contributed by atoms with Crippen LogP contribution in [0.25, 0.3) is 11.0 Å². The van der Waals surface area contributed by atoms with Crippen LogP contribution in [0.15, 0.2) is 36.0 Å². The predicted molar refractivity (Wildman–Crippen MR) is 89.2 cm³/mol. The molecule has 0 aliphatic heterocycles. The number of nitrogens with zero attached hydrogens (tertiary/aromatic N) is 4. The van der Waals surface area contributed by atoms with E-state index in [4.69, 9.17) is 0 Å². The van der Waals surface area contributed by atoms with Crippen LogP contribution in [0.3, 0.4) is 0 Å². The van der Waals surface area contributed by atoms with Gasteiger partial charge in [-0.15, -0.1) is 0 Å². The Morgan fingerprint density at radius 3 is 3.13 bits per heavy atom. The standard InChI is InChI=1S/C15H18N6OS/c1-10-3-4-12-13(5-10)20-15(19-12)23-7-14(22)18-11(2)6-21-9-16-8-17-21/h3-5,8-9,11H,6-7H2,1-2H3,(H,18,22)(H,19,20)/t11-/m0/s1. The van der Waals surface area contributed by atoms with Gasteiger partial charge in [-0.3, -0.25) is 9.48 Å². The van der Waals surface area contributed by atoms with Crippen LogP contribution in [0.1, 0.15) is 12.5 Å². The Morgan fingerprint density at radius 1 is 1.48 bits per heavy atom. The molecule has 0 saturated heterocycles. The first kappa shape index (κ1) is 15.5. The van der Waals surface area contributed by atoms with E-state index >= 15 is 0 Å². The fourth-order valence-corrected chi connectivity index (χ4v) is 2.97. The third-order valence-corrected chi connectivity index (χ3v) is 4.16. The minimum absolute atomic E-state index is 0.0110. The summed E-state index contributed by atoms with van der Waals surface area (Å²) in [7, 11) is 0. The summed E-state index contributed by atoms with van der Waals surface area (Å²) in [6.45, 7) is 4.57. The van der Waals surface area contributed by atoms with E-state index in [0.717, 1.165) is 16.2 Å². The number of H-pyrrole nitrogens is 1. The van der Waals surface area contributed by atoms with Crippen molar-refractivity contribution in [3.63, 3.8) is 0 Å². The summed E-state index contributed by atoms with van der Waals surface area (Å²) < 4.78 is 1.69. The molecule has 8 heteroatoms. The number of aromatic nitrogens is 5. The zero-order valence-electron chi connectivity index (χ0n) is 13.0. The highest BCUT2D eigenvalue weighted by Gasteiger charge is 2.10. The number of carbonyl (C=O) groups excluding carboxylic acids is 1. The van der Waals surface area contributed by atoms with Crippen molar-refractivity contribution in [2.45, 2.75) is 31.6 Å². The summed E-state index contributed by atoms with van der Waals surface area (Å²) in [4.78, 5) is 23.6. The lowest BCUT2D eigenvalue weighted by atomic mass is 10.2. The van der Waals surface area contributed by atoms with Crippen molar-refractivity contribution in [3.8, 4) is 0 Å². The second-order valence-electron chi connectivity index (χ2n) is 5.44. The van der Waals surface area contributed by atoms with Crippen LogP contribution < -0.4 is 5.32 Å². The average molecular weight is 330 g/mol. The molecule has 1 atom stereocenters. The molecule has 2 aromatic heterocycles. The van der Waals surface area contributed by atoms with Crippen molar-refractivity contribution in [1.29, 1.82) is 0 Å². The molecule has 1 aromatic carbocycles. The molecule has 3 rings (SSSR count). The minimum Gasteiger partial charge on any atom is -0.351 e. The molecule has 0 radical (unpaired) electrons. The van der Waals surface area contributed by atoms with Crippen molar-refractivity contribution in [3.05, 3.63) is 36.4 Å². The van der Waals surface area contributed by atoms with Gasteiger partial charge in [-0.05, 0) is 31.5 Å². The van der Waals surface area contributed by atoms with Crippen molar-refractivity contribution in [2.75, 3.05) is 5.75 Å². The van der Waals surface area contributed by atoms with E-state index in [0.29, 0.717) is 12.3 Å². The highest BCUT2D eigenvalue weighted by atomic mass is 32.2. The molecule has 0 bridgehead atoms. The van der Waals surface area contributed by atoms with Gasteiger partial charge in [-0.1, -0.05) is 17.8 Å². The van der Waals surface area contributed by atoms with Gasteiger partial charge < -0.3 is 10.3 Å². The number of imidazole rings is 1. The maximum Gasteiger partial charge on any atom is 0.230 e. The van der Waals surface area contributed by atoms with Gasteiger partial charge in [0.05, 0.1) is 23.3 Å². The van der Waals surface area contributed by atoms with Crippen LogP contribution in [0, 0.1) is 6.92 Å². The Labute approximate surface area is 137 Å². The number of amides is 1. The highest BCUT2D eigenvalue weighted by Crippen LogP contribution is 2.20. The highest BCUT2D eigenvalue weighted by molar-refractivity contribution is 7.99. The molecule has 7 nitrogen and oxygen atoms in total. The Balaban J connectivity index is 1.51. The summed E-state index contributed by atoms with van der Waals surface area (Å²) in [6.07, 6.45) is 3.11. The number of carbonyl (C=O) groups is 1. The van der Waals surface area contributed by atoms with Gasteiger partial charge in [0.2, 0.25) is 5.91 Å². The second-order valence-corrected chi connectivity index (χ2v) is 6.40. The van der Waals surface area contributed by atoms with Gasteiger partial charge in [-0.2, -0.15) is 5.10 Å². The minimum atomic E-state index is -0.0285. The molecule has 1 amide bonds. The smallest absolute Gasteiger partial charge is 0.230 e. The number of fused-ring (bicyclic) bond motifs is 1. The van der Waals surface area contributed by atoms with Crippen LogP contribution in [-0.4, -0.2) is 42.4 Å². The van der Waals surface area contributed by atoms with Gasteiger partial charge in [0.1, 0.15) is 12.7 Å². The number of nitrogens with one attached hydrogen (secondary N) is 2. The fraction of sp³-hybridized carbons (Fsp3) is 0.333. The van der Waals surface area contributed by atoms with Crippen molar-refractivity contribution >= 4 is 28.7 Å². The normalized spacial score (nSPS) is 12.4.